The molecule has 0 radical (unpaired) electrons. The zero-order chi connectivity index (χ0) is 22.3. The zero-order valence-corrected chi connectivity index (χ0v) is 17.7. The molecule has 0 bridgehead atoms. The van der Waals surface area contributed by atoms with Crippen LogP contribution in [0.3, 0.4) is 0 Å². The summed E-state index contributed by atoms with van der Waals surface area (Å²) in [5, 5.41) is 2.61. The quantitative estimate of drug-likeness (QED) is 0.399. The van der Waals surface area contributed by atoms with Gasteiger partial charge in [-0.1, -0.05) is 0 Å². The van der Waals surface area contributed by atoms with E-state index in [9.17, 15) is 18.4 Å². The number of alkyl halides is 2. The Morgan fingerprint density at radius 2 is 2.00 bits per heavy atom. The van der Waals surface area contributed by atoms with Gasteiger partial charge in [-0.05, 0) is 62.3 Å². The third-order valence-corrected chi connectivity index (χ3v) is 5.23. The van der Waals surface area contributed by atoms with Crippen molar-refractivity contribution in [1.82, 2.24) is 10.2 Å². The minimum Gasteiger partial charge on any atom is -0.494 e. The lowest BCUT2D eigenvalue weighted by atomic mass is 9.92. The van der Waals surface area contributed by atoms with Crippen molar-refractivity contribution in [2.75, 3.05) is 26.7 Å². The number of hydrogen-bond donors (Lipinski definition) is 2. The summed E-state index contributed by atoms with van der Waals surface area (Å²) in [7, 11) is 1.60. The third kappa shape index (κ3) is 6.67. The summed E-state index contributed by atoms with van der Waals surface area (Å²) >= 11 is 0. The van der Waals surface area contributed by atoms with Crippen molar-refractivity contribution in [3.05, 3.63) is 29.3 Å². The second kappa shape index (κ2) is 10.4. The molecule has 0 spiro atoms. The molecule has 7 nitrogen and oxygen atoms in total. The van der Waals surface area contributed by atoms with Crippen molar-refractivity contribution in [3.63, 3.8) is 0 Å². The number of carbonyl (C=O) groups excluding carboxylic acids is 2. The van der Waals surface area contributed by atoms with E-state index >= 15 is 0 Å². The van der Waals surface area contributed by atoms with Crippen LogP contribution in [0.2, 0.25) is 0 Å². The van der Waals surface area contributed by atoms with Crippen LogP contribution in [0.25, 0.3) is 0 Å². The van der Waals surface area contributed by atoms with Gasteiger partial charge in [-0.25, -0.2) is 0 Å². The SMILES string of the molecule is CNC(=O)c1ccc(OCCCC2CCN(C(N)=NC(=O)C(C)(F)F)CC2)cc1C. The number of halogens is 2. The van der Waals surface area contributed by atoms with E-state index in [-0.39, 0.29) is 11.9 Å². The number of amides is 2. The van der Waals surface area contributed by atoms with Crippen molar-refractivity contribution in [3.8, 4) is 5.75 Å². The molecule has 1 aliphatic heterocycles. The second-order valence-corrected chi connectivity index (χ2v) is 7.64. The van der Waals surface area contributed by atoms with Gasteiger partial charge in [0.05, 0.1) is 6.61 Å². The van der Waals surface area contributed by atoms with E-state index in [1.807, 2.05) is 13.0 Å². The Labute approximate surface area is 175 Å². The molecule has 1 fully saturated rings. The molecule has 1 saturated heterocycles. The van der Waals surface area contributed by atoms with Crippen molar-refractivity contribution < 1.29 is 23.1 Å². The maximum Gasteiger partial charge on any atom is 0.324 e. The molecule has 0 aliphatic carbocycles. The normalized spacial score (nSPS) is 15.8. The largest absolute Gasteiger partial charge is 0.494 e. The number of likely N-dealkylation sites (tertiary alicyclic amines) is 1. The van der Waals surface area contributed by atoms with Crippen molar-refractivity contribution in [1.29, 1.82) is 0 Å². The summed E-state index contributed by atoms with van der Waals surface area (Å²) in [4.78, 5) is 28.0. The van der Waals surface area contributed by atoms with Crippen LogP contribution in [0.4, 0.5) is 8.78 Å². The van der Waals surface area contributed by atoms with Crippen LogP contribution in [0.1, 0.15) is 48.5 Å². The van der Waals surface area contributed by atoms with Crippen LogP contribution in [0, 0.1) is 12.8 Å². The maximum atomic E-state index is 12.9. The lowest BCUT2D eigenvalue weighted by Gasteiger charge is -2.32. The standard InChI is InChI=1S/C21H30F2N4O3/c1-14-13-16(6-7-17(14)18(28)25-3)30-12-4-5-15-8-10-27(11-9-15)20(24)26-19(29)21(2,22)23/h6-7,13,15H,4-5,8-12H2,1-3H3,(H,25,28)(H2,24,26,29). The molecule has 1 aliphatic rings. The number of benzene rings is 1. The lowest BCUT2D eigenvalue weighted by molar-refractivity contribution is -0.139. The number of aliphatic imine (C=N–C) groups is 1. The topological polar surface area (TPSA) is 97.0 Å². The van der Waals surface area contributed by atoms with Gasteiger partial charge in [0.1, 0.15) is 5.75 Å². The average Bonchev–Trinajstić information content (AvgIpc) is 2.70. The number of guanidine groups is 1. The first-order valence-electron chi connectivity index (χ1n) is 10.1. The highest BCUT2D eigenvalue weighted by Crippen LogP contribution is 2.23. The van der Waals surface area contributed by atoms with Crippen molar-refractivity contribution in [2.45, 2.75) is 45.5 Å². The highest BCUT2D eigenvalue weighted by atomic mass is 19.3. The molecule has 30 heavy (non-hydrogen) atoms. The van der Waals surface area contributed by atoms with E-state index in [0.717, 1.165) is 37.0 Å². The first kappa shape index (κ1) is 23.6. The Morgan fingerprint density at radius 3 is 2.57 bits per heavy atom. The number of piperidine rings is 1. The second-order valence-electron chi connectivity index (χ2n) is 7.64. The first-order valence-corrected chi connectivity index (χ1v) is 10.1. The third-order valence-electron chi connectivity index (χ3n) is 5.23. The first-order chi connectivity index (χ1) is 14.1. The smallest absolute Gasteiger partial charge is 0.324 e. The fourth-order valence-corrected chi connectivity index (χ4v) is 3.40. The Kier molecular flexibility index (Phi) is 8.14. The highest BCUT2D eigenvalue weighted by molar-refractivity contribution is 5.96. The van der Waals surface area contributed by atoms with Crippen LogP contribution in [-0.2, 0) is 4.79 Å². The molecule has 0 aromatic heterocycles. The van der Waals surface area contributed by atoms with Gasteiger partial charge in [0, 0.05) is 32.6 Å². The van der Waals surface area contributed by atoms with Gasteiger partial charge < -0.3 is 20.7 Å². The fourth-order valence-electron chi connectivity index (χ4n) is 3.40. The van der Waals surface area contributed by atoms with Crippen molar-refractivity contribution in [2.24, 2.45) is 16.6 Å². The number of hydrogen-bond acceptors (Lipinski definition) is 3. The molecule has 2 rings (SSSR count). The summed E-state index contributed by atoms with van der Waals surface area (Å²) in [6, 6.07) is 5.40. The average molecular weight is 424 g/mol. The van der Waals surface area contributed by atoms with Gasteiger partial charge >= 0.3 is 11.8 Å². The number of rotatable bonds is 7. The molecule has 1 heterocycles. The van der Waals surface area contributed by atoms with Crippen LogP contribution in [-0.4, -0.2) is 55.3 Å². The van der Waals surface area contributed by atoms with Gasteiger partial charge in [0.15, 0.2) is 5.96 Å². The van der Waals surface area contributed by atoms with E-state index in [0.29, 0.717) is 38.1 Å². The van der Waals surface area contributed by atoms with E-state index in [2.05, 4.69) is 10.3 Å². The molecular weight excluding hydrogens is 394 g/mol. The molecule has 9 heteroatoms. The van der Waals surface area contributed by atoms with E-state index in [1.165, 1.54) is 0 Å². The van der Waals surface area contributed by atoms with Gasteiger partial charge in [-0.3, -0.25) is 9.59 Å². The molecule has 166 valence electrons. The molecule has 3 N–H and O–H groups in total. The number of aryl methyl sites for hydroxylation is 1. The van der Waals surface area contributed by atoms with E-state index in [1.54, 1.807) is 24.1 Å². The number of nitrogens with one attached hydrogen (secondary N) is 1. The predicted molar refractivity (Wildman–Crippen MR) is 111 cm³/mol. The number of nitrogens with two attached hydrogens (primary N) is 1. The predicted octanol–water partition coefficient (Wildman–Crippen LogP) is 2.72. The number of ether oxygens (including phenoxy) is 1. The monoisotopic (exact) mass is 424 g/mol. The van der Waals surface area contributed by atoms with Gasteiger partial charge in [-0.2, -0.15) is 13.8 Å². The van der Waals surface area contributed by atoms with Gasteiger partial charge in [0.2, 0.25) is 0 Å². The summed E-state index contributed by atoms with van der Waals surface area (Å²) < 4.78 is 31.7. The van der Waals surface area contributed by atoms with Crippen molar-refractivity contribution >= 4 is 17.8 Å². The molecule has 2 amide bonds. The van der Waals surface area contributed by atoms with Crippen LogP contribution in [0.5, 0.6) is 5.75 Å². The molecule has 1 aromatic rings. The minimum absolute atomic E-state index is 0.121. The van der Waals surface area contributed by atoms with Crippen LogP contribution in [0.15, 0.2) is 23.2 Å². The van der Waals surface area contributed by atoms with Gasteiger partial charge in [0.25, 0.3) is 5.91 Å². The summed E-state index contributed by atoms with van der Waals surface area (Å²) in [5.74, 6) is -4.07. The highest BCUT2D eigenvalue weighted by Gasteiger charge is 2.33. The van der Waals surface area contributed by atoms with E-state index in [4.69, 9.17) is 10.5 Å². The molecule has 0 unspecified atom stereocenters. The lowest BCUT2D eigenvalue weighted by Crippen LogP contribution is -2.44. The fraction of sp³-hybridized carbons (Fsp3) is 0.571. The van der Waals surface area contributed by atoms with Gasteiger partial charge in [-0.15, -0.1) is 0 Å². The molecule has 1 aromatic carbocycles. The Hall–Kier alpha value is -2.71. The number of nitrogens with zero attached hydrogens (tertiary/aromatic N) is 2. The van der Waals surface area contributed by atoms with Crippen LogP contribution < -0.4 is 15.8 Å². The zero-order valence-electron chi connectivity index (χ0n) is 17.7. The Morgan fingerprint density at radius 1 is 1.33 bits per heavy atom. The van der Waals surface area contributed by atoms with E-state index < -0.39 is 11.8 Å². The number of carbonyl (C=O) groups is 2. The summed E-state index contributed by atoms with van der Waals surface area (Å²) in [6.45, 7) is 4.13. The molecular formula is C21H30F2N4O3. The Balaban J connectivity index is 1.72. The molecule has 0 saturated carbocycles. The summed E-state index contributed by atoms with van der Waals surface area (Å²) in [5.41, 5.74) is 7.19. The Bertz CT molecular complexity index is 785. The molecule has 0 atom stereocenters. The maximum absolute atomic E-state index is 12.9. The minimum atomic E-state index is -3.51. The summed E-state index contributed by atoms with van der Waals surface area (Å²) in [6.07, 6.45) is 3.57. The van der Waals surface area contributed by atoms with Crippen LogP contribution >= 0.6 is 0 Å².